The highest BCUT2D eigenvalue weighted by molar-refractivity contribution is 6.00. The third-order valence-corrected chi connectivity index (χ3v) is 9.27. The molecule has 0 fully saturated rings. The van der Waals surface area contributed by atoms with E-state index >= 15 is 0 Å². The van der Waals surface area contributed by atoms with Gasteiger partial charge in [-0.2, -0.15) is 0 Å². The van der Waals surface area contributed by atoms with Crippen LogP contribution in [0.15, 0.2) is 146 Å². The third kappa shape index (κ3) is 5.67. The topological polar surface area (TPSA) is 18.5 Å². The minimum absolute atomic E-state index is 0.785. The Bertz CT molecular complexity index is 2330. The molecule has 0 aliphatic rings. The molecular formula is C46H36O2. The monoisotopic (exact) mass is 620 g/mol. The summed E-state index contributed by atoms with van der Waals surface area (Å²) in [5, 5.41) is 6.94. The first-order chi connectivity index (χ1) is 23.4. The van der Waals surface area contributed by atoms with E-state index in [1.165, 1.54) is 66.1 Å². The Balaban J connectivity index is 1.11. The molecule has 0 unspecified atom stereocenters. The van der Waals surface area contributed by atoms with E-state index in [1.807, 2.05) is 24.3 Å². The van der Waals surface area contributed by atoms with Gasteiger partial charge in [0.1, 0.15) is 23.0 Å². The molecule has 0 radical (unpaired) electrons. The summed E-state index contributed by atoms with van der Waals surface area (Å²) in [5.41, 5.74) is 9.93. The van der Waals surface area contributed by atoms with Crippen LogP contribution in [0, 0.1) is 27.7 Å². The number of aryl methyl sites for hydroxylation is 4. The largest absolute Gasteiger partial charge is 0.457 e. The Morgan fingerprint density at radius 1 is 0.333 bits per heavy atom. The van der Waals surface area contributed by atoms with E-state index < -0.39 is 0 Å². The number of hydrogen-bond acceptors (Lipinski definition) is 2. The van der Waals surface area contributed by atoms with Crippen LogP contribution in [0.3, 0.4) is 0 Å². The predicted octanol–water partition coefficient (Wildman–Crippen LogP) is 13.3. The minimum Gasteiger partial charge on any atom is -0.457 e. The molecule has 8 aromatic carbocycles. The van der Waals surface area contributed by atoms with Gasteiger partial charge in [0.15, 0.2) is 0 Å². The smallest absolute Gasteiger partial charge is 0.128 e. The van der Waals surface area contributed by atoms with Gasteiger partial charge in [0, 0.05) is 0 Å². The molecule has 0 spiro atoms. The Morgan fingerprint density at radius 3 is 1.17 bits per heavy atom. The molecular weight excluding hydrogens is 585 g/mol. The highest BCUT2D eigenvalue weighted by Crippen LogP contribution is 2.38. The van der Waals surface area contributed by atoms with E-state index in [0.717, 1.165) is 33.8 Å². The van der Waals surface area contributed by atoms with Crippen molar-refractivity contribution in [1.29, 1.82) is 0 Å². The van der Waals surface area contributed by atoms with E-state index in [4.69, 9.17) is 9.47 Å². The zero-order chi connectivity index (χ0) is 32.8. The van der Waals surface area contributed by atoms with Crippen LogP contribution < -0.4 is 9.47 Å². The van der Waals surface area contributed by atoms with E-state index in [1.54, 1.807) is 0 Å². The van der Waals surface area contributed by atoms with Crippen molar-refractivity contribution in [3.63, 3.8) is 0 Å². The van der Waals surface area contributed by atoms with Crippen LogP contribution >= 0.6 is 0 Å². The summed E-state index contributed by atoms with van der Waals surface area (Å²) in [6.07, 6.45) is 0. The average molecular weight is 621 g/mol. The molecule has 232 valence electrons. The number of fused-ring (bicyclic) bond motifs is 3. The van der Waals surface area contributed by atoms with Gasteiger partial charge >= 0.3 is 0 Å². The molecule has 0 saturated carbocycles. The average Bonchev–Trinajstić information content (AvgIpc) is 3.08. The molecule has 0 atom stereocenters. The third-order valence-electron chi connectivity index (χ3n) is 9.27. The fraction of sp³-hybridized carbons (Fsp3) is 0.0870. The molecule has 0 saturated heterocycles. The van der Waals surface area contributed by atoms with E-state index in [9.17, 15) is 0 Å². The summed E-state index contributed by atoms with van der Waals surface area (Å²) in [6, 6.07) is 51.3. The van der Waals surface area contributed by atoms with Crippen LogP contribution in [-0.2, 0) is 0 Å². The molecule has 0 amide bonds. The van der Waals surface area contributed by atoms with Crippen molar-refractivity contribution in [2.75, 3.05) is 0 Å². The molecule has 0 heterocycles. The Hall–Kier alpha value is -5.86. The zero-order valence-electron chi connectivity index (χ0n) is 27.7. The fourth-order valence-electron chi connectivity index (χ4n) is 6.91. The molecule has 8 rings (SSSR count). The first kappa shape index (κ1) is 29.5. The number of benzene rings is 8. The van der Waals surface area contributed by atoms with Crippen LogP contribution in [-0.4, -0.2) is 0 Å². The summed E-state index contributed by atoms with van der Waals surface area (Å²) in [6.45, 7) is 8.63. The maximum atomic E-state index is 6.49. The summed E-state index contributed by atoms with van der Waals surface area (Å²) in [4.78, 5) is 0. The molecule has 2 nitrogen and oxygen atoms in total. The van der Waals surface area contributed by atoms with Gasteiger partial charge in [0.05, 0.1) is 0 Å². The number of hydrogen-bond donors (Lipinski definition) is 0. The number of rotatable bonds is 6. The van der Waals surface area contributed by atoms with Crippen molar-refractivity contribution in [1.82, 2.24) is 0 Å². The second-order valence-corrected chi connectivity index (χ2v) is 12.9. The van der Waals surface area contributed by atoms with Gasteiger partial charge in [-0.25, -0.2) is 0 Å². The van der Waals surface area contributed by atoms with Crippen LogP contribution in [0.25, 0.3) is 54.6 Å². The Morgan fingerprint density at radius 2 is 0.729 bits per heavy atom. The molecule has 0 aliphatic heterocycles. The van der Waals surface area contributed by atoms with Gasteiger partial charge < -0.3 is 9.47 Å². The van der Waals surface area contributed by atoms with Crippen molar-refractivity contribution in [2.24, 2.45) is 0 Å². The lowest BCUT2D eigenvalue weighted by Crippen LogP contribution is -1.90. The summed E-state index contributed by atoms with van der Waals surface area (Å²) in [5.74, 6) is 3.19. The van der Waals surface area contributed by atoms with Crippen LogP contribution in [0.2, 0.25) is 0 Å². The molecule has 0 bridgehead atoms. The highest BCUT2D eigenvalue weighted by atomic mass is 16.5. The van der Waals surface area contributed by atoms with E-state index in [-0.39, 0.29) is 0 Å². The van der Waals surface area contributed by atoms with E-state index in [2.05, 4.69) is 149 Å². The van der Waals surface area contributed by atoms with Crippen molar-refractivity contribution in [3.05, 3.63) is 168 Å². The van der Waals surface area contributed by atoms with Crippen molar-refractivity contribution < 1.29 is 9.47 Å². The van der Waals surface area contributed by atoms with Crippen molar-refractivity contribution in [2.45, 2.75) is 27.7 Å². The normalized spacial score (nSPS) is 11.3. The Kier molecular flexibility index (Phi) is 7.42. The maximum absolute atomic E-state index is 6.49. The molecule has 2 heteroatoms. The first-order valence-electron chi connectivity index (χ1n) is 16.5. The molecule has 0 aliphatic carbocycles. The quantitative estimate of drug-likeness (QED) is 0.184. The Labute approximate surface area is 281 Å². The predicted molar refractivity (Wildman–Crippen MR) is 202 cm³/mol. The fourth-order valence-corrected chi connectivity index (χ4v) is 6.91. The second-order valence-electron chi connectivity index (χ2n) is 12.9. The lowest BCUT2D eigenvalue weighted by atomic mass is 9.93. The van der Waals surface area contributed by atoms with Gasteiger partial charge in [-0.3, -0.25) is 0 Å². The second kappa shape index (κ2) is 12.1. The highest BCUT2D eigenvalue weighted by Gasteiger charge is 2.12. The van der Waals surface area contributed by atoms with Gasteiger partial charge in [-0.1, -0.05) is 108 Å². The first-order valence-corrected chi connectivity index (χ1v) is 16.5. The van der Waals surface area contributed by atoms with Gasteiger partial charge in [0.2, 0.25) is 0 Å². The van der Waals surface area contributed by atoms with Crippen LogP contribution in [0.1, 0.15) is 22.3 Å². The van der Waals surface area contributed by atoms with Crippen molar-refractivity contribution >= 4 is 32.3 Å². The molecule has 8 aromatic rings. The number of ether oxygens (including phenoxy) is 2. The van der Waals surface area contributed by atoms with Gasteiger partial charge in [-0.05, 0) is 142 Å². The zero-order valence-corrected chi connectivity index (χ0v) is 27.7. The van der Waals surface area contributed by atoms with Crippen molar-refractivity contribution in [3.8, 4) is 45.3 Å². The van der Waals surface area contributed by atoms with Gasteiger partial charge in [-0.15, -0.1) is 0 Å². The molecule has 0 N–H and O–H groups in total. The van der Waals surface area contributed by atoms with Crippen LogP contribution in [0.4, 0.5) is 0 Å². The standard InChI is InChI=1S/C46H36O2/c1-29-7-5-9-36(23-29)45-31(3)11-13-34-17-21-41(27-43(34)45)47-39-19-15-33-16-20-40(26-38(33)25-39)48-42-22-18-35-14-12-32(4)46(44(35)28-42)37-10-6-8-30(2)24-37/h5-28H,1-4H3. The lowest BCUT2D eigenvalue weighted by molar-refractivity contribution is 0.482. The van der Waals surface area contributed by atoms with Crippen LogP contribution in [0.5, 0.6) is 23.0 Å². The lowest BCUT2D eigenvalue weighted by Gasteiger charge is -2.14. The molecule has 0 aromatic heterocycles. The minimum atomic E-state index is 0.785. The SMILES string of the molecule is Cc1cccc(-c2c(C)ccc3ccc(Oc4ccc5ccc(Oc6ccc7ccc(C)c(-c8cccc(C)c8)c7c6)cc5c4)cc23)c1. The molecule has 48 heavy (non-hydrogen) atoms. The summed E-state index contributed by atoms with van der Waals surface area (Å²) in [7, 11) is 0. The van der Waals surface area contributed by atoms with Gasteiger partial charge in [0.25, 0.3) is 0 Å². The summed E-state index contributed by atoms with van der Waals surface area (Å²) >= 11 is 0. The summed E-state index contributed by atoms with van der Waals surface area (Å²) < 4.78 is 13.0. The maximum Gasteiger partial charge on any atom is 0.128 e. The van der Waals surface area contributed by atoms with E-state index in [0.29, 0.717) is 0 Å².